The number of rotatable bonds is 4. The summed E-state index contributed by atoms with van der Waals surface area (Å²) in [5.74, 6) is -0.803. The smallest absolute Gasteiger partial charge is 0.289 e. The molecule has 7 heteroatoms. The Kier molecular flexibility index (Phi) is 4.85. The standard InChI is InChI=1S/C19H14FN5O/c1-13(15-4-2-14(10-21)3-5-15)23-24-19(26)18-11-22-12-25(18)17-8-6-16(20)7-9-17/h2-9,11-12H,1H3,(H,24,26). The lowest BCUT2D eigenvalue weighted by molar-refractivity contribution is 0.0948. The van der Waals surface area contributed by atoms with Crippen molar-refractivity contribution in [2.45, 2.75) is 6.92 Å². The summed E-state index contributed by atoms with van der Waals surface area (Å²) >= 11 is 0. The van der Waals surface area contributed by atoms with Crippen molar-refractivity contribution in [1.29, 1.82) is 5.26 Å². The fraction of sp³-hybridized carbons (Fsp3) is 0.0526. The average Bonchev–Trinajstić information content (AvgIpc) is 3.16. The maximum Gasteiger partial charge on any atom is 0.289 e. The second kappa shape index (κ2) is 7.40. The van der Waals surface area contributed by atoms with Crippen LogP contribution >= 0.6 is 0 Å². The van der Waals surface area contributed by atoms with Gasteiger partial charge in [0, 0.05) is 5.69 Å². The lowest BCUT2D eigenvalue weighted by Crippen LogP contribution is -2.22. The summed E-state index contributed by atoms with van der Waals surface area (Å²) in [7, 11) is 0. The molecule has 0 spiro atoms. The number of hydrazone groups is 1. The molecule has 0 aliphatic rings. The molecule has 0 unspecified atom stereocenters. The van der Waals surface area contributed by atoms with Gasteiger partial charge < -0.3 is 0 Å². The number of carbonyl (C=O) groups excluding carboxylic acids is 1. The third kappa shape index (κ3) is 3.65. The second-order valence-electron chi connectivity index (χ2n) is 5.45. The number of amides is 1. The Morgan fingerprint density at radius 2 is 1.88 bits per heavy atom. The van der Waals surface area contributed by atoms with Gasteiger partial charge in [-0.05, 0) is 48.9 Å². The van der Waals surface area contributed by atoms with Gasteiger partial charge in [-0.2, -0.15) is 10.4 Å². The first-order chi connectivity index (χ1) is 12.6. The minimum Gasteiger partial charge on any atom is -0.295 e. The molecule has 2 aromatic carbocycles. The molecule has 1 heterocycles. The van der Waals surface area contributed by atoms with E-state index in [0.29, 0.717) is 17.0 Å². The van der Waals surface area contributed by atoms with Crippen molar-refractivity contribution in [3.63, 3.8) is 0 Å². The SMILES string of the molecule is CC(=NNC(=O)c1cncn1-c1ccc(F)cc1)c1ccc(C#N)cc1. The number of carbonyl (C=O) groups is 1. The van der Waals surface area contributed by atoms with Crippen molar-refractivity contribution >= 4 is 11.6 Å². The summed E-state index contributed by atoms with van der Waals surface area (Å²) in [5, 5.41) is 12.9. The van der Waals surface area contributed by atoms with Crippen molar-refractivity contribution in [2.75, 3.05) is 0 Å². The molecule has 0 bridgehead atoms. The van der Waals surface area contributed by atoms with E-state index in [9.17, 15) is 9.18 Å². The van der Waals surface area contributed by atoms with Crippen LogP contribution in [0.3, 0.4) is 0 Å². The first kappa shape index (κ1) is 17.0. The molecule has 3 aromatic rings. The highest BCUT2D eigenvalue weighted by molar-refractivity contribution is 6.00. The Morgan fingerprint density at radius 1 is 1.19 bits per heavy atom. The van der Waals surface area contributed by atoms with E-state index < -0.39 is 5.91 Å². The van der Waals surface area contributed by atoms with Gasteiger partial charge in [0.15, 0.2) is 0 Å². The molecule has 1 aromatic heterocycles. The molecule has 26 heavy (non-hydrogen) atoms. The third-order valence-corrected chi connectivity index (χ3v) is 3.73. The Hall–Kier alpha value is -3.79. The van der Waals surface area contributed by atoms with Crippen LogP contribution in [0.2, 0.25) is 0 Å². The number of nitriles is 1. The largest absolute Gasteiger partial charge is 0.295 e. The zero-order valence-electron chi connectivity index (χ0n) is 13.8. The number of hydrogen-bond donors (Lipinski definition) is 1. The highest BCUT2D eigenvalue weighted by Crippen LogP contribution is 2.12. The summed E-state index contributed by atoms with van der Waals surface area (Å²) in [6, 6.07) is 14.6. The van der Waals surface area contributed by atoms with Crippen molar-refractivity contribution < 1.29 is 9.18 Å². The predicted octanol–water partition coefficient (Wildman–Crippen LogP) is 3.04. The van der Waals surface area contributed by atoms with Crippen molar-refractivity contribution in [3.05, 3.63) is 83.7 Å². The number of imidazole rings is 1. The van der Waals surface area contributed by atoms with Crippen LogP contribution in [-0.4, -0.2) is 21.2 Å². The van der Waals surface area contributed by atoms with Crippen LogP contribution in [0.25, 0.3) is 5.69 Å². The lowest BCUT2D eigenvalue weighted by atomic mass is 10.1. The van der Waals surface area contributed by atoms with E-state index in [2.05, 4.69) is 15.5 Å². The van der Waals surface area contributed by atoms with Gasteiger partial charge in [0.05, 0.1) is 29.9 Å². The molecule has 128 valence electrons. The maximum absolute atomic E-state index is 13.1. The topological polar surface area (TPSA) is 83.1 Å². The van der Waals surface area contributed by atoms with E-state index in [1.807, 2.05) is 6.07 Å². The highest BCUT2D eigenvalue weighted by atomic mass is 19.1. The average molecular weight is 347 g/mol. The first-order valence-corrected chi connectivity index (χ1v) is 7.72. The summed E-state index contributed by atoms with van der Waals surface area (Å²) in [4.78, 5) is 16.4. The molecular weight excluding hydrogens is 333 g/mol. The Bertz CT molecular complexity index is 998. The molecule has 1 amide bonds. The third-order valence-electron chi connectivity index (χ3n) is 3.73. The monoisotopic (exact) mass is 347 g/mol. The number of nitrogens with one attached hydrogen (secondary N) is 1. The van der Waals surface area contributed by atoms with Gasteiger partial charge in [-0.3, -0.25) is 9.36 Å². The number of nitrogens with zero attached hydrogens (tertiary/aromatic N) is 4. The minimum absolute atomic E-state index is 0.271. The molecule has 0 atom stereocenters. The van der Waals surface area contributed by atoms with E-state index >= 15 is 0 Å². The zero-order valence-corrected chi connectivity index (χ0v) is 13.8. The van der Waals surface area contributed by atoms with E-state index in [-0.39, 0.29) is 11.5 Å². The molecule has 6 nitrogen and oxygen atoms in total. The van der Waals surface area contributed by atoms with Crippen LogP contribution in [0, 0.1) is 17.1 Å². The molecule has 0 radical (unpaired) electrons. The normalized spacial score (nSPS) is 11.0. The van der Waals surface area contributed by atoms with E-state index in [4.69, 9.17) is 5.26 Å². The quantitative estimate of drug-likeness (QED) is 0.582. The van der Waals surface area contributed by atoms with E-state index in [1.54, 1.807) is 47.9 Å². The van der Waals surface area contributed by atoms with Gasteiger partial charge >= 0.3 is 0 Å². The lowest BCUT2D eigenvalue weighted by Gasteiger charge is -2.07. The van der Waals surface area contributed by atoms with Gasteiger partial charge in [-0.25, -0.2) is 14.8 Å². The van der Waals surface area contributed by atoms with Gasteiger partial charge in [-0.15, -0.1) is 0 Å². The summed E-state index contributed by atoms with van der Waals surface area (Å²) in [5.41, 5.74) is 5.30. The Morgan fingerprint density at radius 3 is 2.54 bits per heavy atom. The highest BCUT2D eigenvalue weighted by Gasteiger charge is 2.13. The van der Waals surface area contributed by atoms with Gasteiger partial charge in [0.1, 0.15) is 11.5 Å². The van der Waals surface area contributed by atoms with Crippen molar-refractivity contribution in [2.24, 2.45) is 5.10 Å². The molecular formula is C19H14FN5O. The Labute approximate surface area is 149 Å². The second-order valence-corrected chi connectivity index (χ2v) is 5.45. The summed E-state index contributed by atoms with van der Waals surface area (Å²) in [6.07, 6.45) is 2.88. The van der Waals surface area contributed by atoms with Crippen LogP contribution in [0.4, 0.5) is 4.39 Å². The van der Waals surface area contributed by atoms with Crippen LogP contribution in [0.5, 0.6) is 0 Å². The minimum atomic E-state index is -0.445. The molecule has 1 N–H and O–H groups in total. The molecule has 3 rings (SSSR count). The van der Waals surface area contributed by atoms with Crippen LogP contribution in [0.1, 0.15) is 28.5 Å². The molecule has 0 aliphatic heterocycles. The summed E-state index contributed by atoms with van der Waals surface area (Å²) < 4.78 is 14.6. The predicted molar refractivity (Wildman–Crippen MR) is 94.4 cm³/mol. The molecule has 0 aliphatic carbocycles. The van der Waals surface area contributed by atoms with Crippen molar-refractivity contribution in [1.82, 2.24) is 15.0 Å². The molecule has 0 saturated carbocycles. The number of benzene rings is 2. The zero-order chi connectivity index (χ0) is 18.5. The number of hydrogen-bond acceptors (Lipinski definition) is 4. The van der Waals surface area contributed by atoms with Crippen molar-refractivity contribution in [3.8, 4) is 11.8 Å². The van der Waals surface area contributed by atoms with Gasteiger partial charge in [-0.1, -0.05) is 12.1 Å². The van der Waals surface area contributed by atoms with E-state index in [1.165, 1.54) is 24.7 Å². The maximum atomic E-state index is 13.1. The molecule has 0 saturated heterocycles. The van der Waals surface area contributed by atoms with Gasteiger partial charge in [0.2, 0.25) is 0 Å². The van der Waals surface area contributed by atoms with Crippen LogP contribution in [0.15, 0.2) is 66.2 Å². The van der Waals surface area contributed by atoms with E-state index in [0.717, 1.165) is 5.56 Å². The summed E-state index contributed by atoms with van der Waals surface area (Å²) in [6.45, 7) is 1.75. The first-order valence-electron chi connectivity index (χ1n) is 7.72. The number of halogens is 1. The number of aromatic nitrogens is 2. The van der Waals surface area contributed by atoms with Gasteiger partial charge in [0.25, 0.3) is 5.91 Å². The molecule has 0 fully saturated rings. The Balaban J connectivity index is 1.77. The fourth-order valence-corrected chi connectivity index (χ4v) is 2.31. The van der Waals surface area contributed by atoms with Crippen LogP contribution in [-0.2, 0) is 0 Å². The van der Waals surface area contributed by atoms with Crippen LogP contribution < -0.4 is 5.43 Å². The fourth-order valence-electron chi connectivity index (χ4n) is 2.31.